The number of carbonyl (C=O) groups is 5. The Morgan fingerprint density at radius 2 is 1.60 bits per heavy atom. The maximum absolute atomic E-state index is 14.2. The Morgan fingerprint density at radius 1 is 0.853 bits per heavy atom. The number of β-amino-alcohol motifs (C(OH)–C–C–N with tert-alkyl or cyclic N) is 1. The van der Waals surface area contributed by atoms with Crippen LogP contribution < -0.4 is 20.9 Å². The highest BCUT2D eigenvalue weighted by Crippen LogP contribution is 2.36. The number of ether oxygens (including phenoxy) is 1. The van der Waals surface area contributed by atoms with E-state index in [0.717, 1.165) is 70.4 Å². The number of benzene rings is 3. The van der Waals surface area contributed by atoms with Gasteiger partial charge in [-0.05, 0) is 65.3 Å². The van der Waals surface area contributed by atoms with E-state index in [1.165, 1.54) is 16.2 Å². The zero-order valence-corrected chi connectivity index (χ0v) is 44.5. The molecular weight excluding hydrogens is 989 g/mol. The highest BCUT2D eigenvalue weighted by molar-refractivity contribution is 7.14. The van der Waals surface area contributed by atoms with E-state index < -0.39 is 35.6 Å². The third-order valence-electron chi connectivity index (χ3n) is 14.1. The first-order valence-corrected chi connectivity index (χ1v) is 27.2. The number of nitrogens with zero attached hydrogens (tertiary/aromatic N) is 7. The molecule has 3 aromatic heterocycles. The average molecular weight is 1050 g/mol. The molecule has 19 heteroatoms. The Labute approximate surface area is 445 Å². The number of likely N-dealkylation sites (tertiary alicyclic amines) is 1. The number of pyridine rings is 1. The molecule has 4 N–H and O–H groups in total. The van der Waals surface area contributed by atoms with E-state index in [0.29, 0.717) is 36.0 Å². The van der Waals surface area contributed by atoms with Crippen LogP contribution in [-0.4, -0.2) is 135 Å². The van der Waals surface area contributed by atoms with E-state index in [1.807, 2.05) is 131 Å². The highest BCUT2D eigenvalue weighted by Gasteiger charge is 2.45. The summed E-state index contributed by atoms with van der Waals surface area (Å²) in [5.41, 5.74) is 7.94. The molecule has 3 aromatic carbocycles. The first-order valence-electron chi connectivity index (χ1n) is 25.4. The van der Waals surface area contributed by atoms with Gasteiger partial charge in [0.05, 0.1) is 41.4 Å². The third kappa shape index (κ3) is 12.5. The van der Waals surface area contributed by atoms with Crippen molar-refractivity contribution in [2.24, 2.45) is 5.41 Å². The highest BCUT2D eigenvalue weighted by atomic mass is 32.1. The second-order valence-corrected chi connectivity index (χ2v) is 22.2. The molecule has 9 rings (SSSR count). The lowest BCUT2D eigenvalue weighted by Crippen LogP contribution is -2.58. The average Bonchev–Trinajstić information content (AvgIpc) is 4.24. The summed E-state index contributed by atoms with van der Waals surface area (Å²) in [6.45, 7) is 14.2. The second-order valence-electron chi connectivity index (χ2n) is 20.4. The van der Waals surface area contributed by atoms with Gasteiger partial charge in [-0.2, -0.15) is 0 Å². The molecule has 392 valence electrons. The molecule has 0 spiro atoms. The quantitative estimate of drug-likeness (QED) is 0.0652. The van der Waals surface area contributed by atoms with Gasteiger partial charge in [0.2, 0.25) is 17.7 Å². The van der Waals surface area contributed by atoms with Gasteiger partial charge in [0.25, 0.3) is 11.8 Å². The van der Waals surface area contributed by atoms with Gasteiger partial charge in [0.15, 0.2) is 5.13 Å². The van der Waals surface area contributed by atoms with Crippen LogP contribution in [0, 0.1) is 12.3 Å². The van der Waals surface area contributed by atoms with E-state index in [9.17, 15) is 29.1 Å². The maximum atomic E-state index is 14.2. The number of hydrogen-bond donors (Lipinski definition) is 4. The summed E-state index contributed by atoms with van der Waals surface area (Å²) in [7, 11) is 0. The van der Waals surface area contributed by atoms with Crippen molar-refractivity contribution in [3.8, 4) is 21.6 Å². The van der Waals surface area contributed by atoms with Crippen molar-refractivity contribution in [2.75, 3.05) is 62.7 Å². The van der Waals surface area contributed by atoms with Gasteiger partial charge in [-0.3, -0.25) is 34.2 Å². The van der Waals surface area contributed by atoms with Crippen LogP contribution in [0.25, 0.3) is 21.6 Å². The summed E-state index contributed by atoms with van der Waals surface area (Å²) in [5.74, 6) is -0.773. The Hall–Kier alpha value is -6.90. The fourth-order valence-corrected chi connectivity index (χ4v) is 11.3. The molecule has 75 heavy (non-hydrogen) atoms. The summed E-state index contributed by atoms with van der Waals surface area (Å²) in [6.07, 6.45) is 2.75. The van der Waals surface area contributed by atoms with Crippen molar-refractivity contribution >= 4 is 63.2 Å². The van der Waals surface area contributed by atoms with Gasteiger partial charge in [0.1, 0.15) is 23.9 Å². The Balaban J connectivity index is 0.709. The Bertz CT molecular complexity index is 2960. The summed E-state index contributed by atoms with van der Waals surface area (Å²) >= 11 is 2.90. The molecule has 5 amide bonds. The van der Waals surface area contributed by atoms with Crippen molar-refractivity contribution in [2.45, 2.75) is 84.3 Å². The number of fused-ring (bicyclic) bond motifs is 1. The fourth-order valence-electron chi connectivity index (χ4n) is 9.93. The van der Waals surface area contributed by atoms with Crippen LogP contribution in [0.5, 0.6) is 0 Å². The molecule has 3 aliphatic heterocycles. The number of aliphatic hydroxyl groups is 1. The van der Waals surface area contributed by atoms with Crippen molar-refractivity contribution < 1.29 is 33.8 Å². The number of aliphatic hydroxyl groups excluding tert-OH is 1. The van der Waals surface area contributed by atoms with Gasteiger partial charge >= 0.3 is 0 Å². The van der Waals surface area contributed by atoms with Gasteiger partial charge in [-0.15, -0.1) is 22.7 Å². The number of piperazine rings is 1. The number of thiazole rings is 2. The number of rotatable bonds is 18. The number of nitrogens with one attached hydrogen (secondary N) is 3. The number of amides is 5. The lowest BCUT2D eigenvalue weighted by atomic mass is 9.85. The van der Waals surface area contributed by atoms with Crippen molar-refractivity contribution in [3.63, 3.8) is 0 Å². The number of carbonyl (C=O) groups excluding carboxylic acids is 5. The predicted octanol–water partition coefficient (Wildman–Crippen LogP) is 6.87. The molecule has 0 saturated carbocycles. The van der Waals surface area contributed by atoms with E-state index in [-0.39, 0.29) is 55.7 Å². The molecular formula is C56H64N10O7S2. The molecule has 3 aliphatic rings. The van der Waals surface area contributed by atoms with Crippen LogP contribution in [-0.2, 0) is 30.5 Å². The molecule has 1 unspecified atom stereocenters. The van der Waals surface area contributed by atoms with Crippen molar-refractivity contribution in [1.82, 2.24) is 40.3 Å². The van der Waals surface area contributed by atoms with Crippen LogP contribution in [0.1, 0.15) is 85.4 Å². The lowest BCUT2D eigenvalue weighted by Gasteiger charge is -2.35. The summed E-state index contributed by atoms with van der Waals surface area (Å²) in [5, 5.41) is 21.8. The first kappa shape index (κ1) is 52.9. The smallest absolute Gasteiger partial charge is 0.255 e. The normalized spacial score (nSPS) is 18.1. The predicted molar refractivity (Wildman–Crippen MR) is 290 cm³/mol. The third-order valence-corrected chi connectivity index (χ3v) is 15.8. The molecule has 17 nitrogen and oxygen atoms in total. The topological polar surface area (TPSA) is 203 Å². The van der Waals surface area contributed by atoms with Gasteiger partial charge in [-0.25, -0.2) is 15.0 Å². The summed E-state index contributed by atoms with van der Waals surface area (Å²) in [6, 6.07) is 24.1. The van der Waals surface area contributed by atoms with Crippen LogP contribution in [0.4, 0.5) is 10.9 Å². The molecule has 5 atom stereocenters. The van der Waals surface area contributed by atoms with Crippen molar-refractivity contribution in [1.29, 1.82) is 0 Å². The zero-order chi connectivity index (χ0) is 52.8. The number of aromatic nitrogens is 3. The minimum absolute atomic E-state index is 0.00638. The van der Waals surface area contributed by atoms with Crippen LogP contribution in [0.15, 0.2) is 108 Å². The minimum Gasteiger partial charge on any atom is -0.391 e. The first-order chi connectivity index (χ1) is 36.1. The van der Waals surface area contributed by atoms with Crippen LogP contribution in [0.2, 0.25) is 0 Å². The molecule has 2 fully saturated rings. The Morgan fingerprint density at radius 3 is 2.28 bits per heavy atom. The van der Waals surface area contributed by atoms with E-state index in [1.54, 1.807) is 27.8 Å². The van der Waals surface area contributed by atoms with E-state index in [2.05, 4.69) is 35.7 Å². The standard InChI is InChI=1S/C56H64N10O7S2/c1-35(37-11-13-39(14-12-37)49-36(2)59-34-75-49)60-51(69)45-30-43(67)33-65(45)54(72)50(56(3,4)5)61-47(68)19-26-73-27-25-63-21-23-64(24-22-63)46-18-17-41(31-58-46)40-15-16-42-32-66(53(71)44(42)29-40)48(38-9-7-6-8-10-38)52(70)62-55-57-20-28-74-55/h6-18,20,28-29,31,34-35,43,45,48,50,67H,19,21-27,30,32-33H2,1-5H3,(H,60,69)(H,61,68)(H,57,62,70)/t35-,43+,45-,48?,50+/m0/s1. The molecule has 6 heterocycles. The monoisotopic (exact) mass is 1050 g/mol. The maximum Gasteiger partial charge on any atom is 0.255 e. The minimum atomic E-state index is -0.930. The summed E-state index contributed by atoms with van der Waals surface area (Å²) < 4.78 is 5.91. The number of anilines is 2. The van der Waals surface area contributed by atoms with Gasteiger partial charge in [-0.1, -0.05) is 87.5 Å². The van der Waals surface area contributed by atoms with E-state index in [4.69, 9.17) is 9.72 Å². The van der Waals surface area contributed by atoms with E-state index >= 15 is 0 Å². The summed E-state index contributed by atoms with van der Waals surface area (Å²) in [4.78, 5) is 90.9. The molecule has 6 aromatic rings. The molecule has 0 aliphatic carbocycles. The number of hydrogen-bond acceptors (Lipinski definition) is 14. The van der Waals surface area contributed by atoms with Crippen molar-refractivity contribution in [3.05, 3.63) is 136 Å². The SMILES string of the molecule is Cc1ncsc1-c1ccc([C@H](C)NC(=O)[C@@H]2C[C@@H](O)CN2C(=O)[C@@H](NC(=O)CCOCCN2CCN(c3ccc(-c4ccc5c(c4)C(=O)N(C(C(=O)Nc4nccs4)c4ccccc4)C5)cn3)CC2)C(C)(C)C)cc1. The largest absolute Gasteiger partial charge is 0.391 e. The Kier molecular flexibility index (Phi) is 16.5. The van der Waals surface area contributed by atoms with Gasteiger partial charge < -0.3 is 35.2 Å². The molecule has 0 radical (unpaired) electrons. The van der Waals surface area contributed by atoms with Crippen LogP contribution >= 0.6 is 22.7 Å². The number of aryl methyl sites for hydroxylation is 1. The second kappa shape index (κ2) is 23.3. The lowest BCUT2D eigenvalue weighted by molar-refractivity contribution is -0.144. The van der Waals surface area contributed by atoms with Gasteiger partial charge in [0, 0.05) is 87.6 Å². The molecule has 2 saturated heterocycles. The van der Waals surface area contributed by atoms with Crippen LogP contribution in [0.3, 0.4) is 0 Å². The fraction of sp³-hybridized carbons (Fsp3) is 0.393. The zero-order valence-electron chi connectivity index (χ0n) is 42.9. The molecule has 0 bridgehead atoms.